The van der Waals surface area contributed by atoms with Gasteiger partial charge in [-0.05, 0) is 19.4 Å². The molecular weight excluding hydrogens is 426 g/mol. The Balaban J connectivity index is 1.82. The van der Waals surface area contributed by atoms with E-state index in [0.29, 0.717) is 13.1 Å². The highest BCUT2D eigenvalue weighted by Gasteiger charge is 2.28. The van der Waals surface area contributed by atoms with Crippen LogP contribution in [0.4, 0.5) is 14.6 Å². The summed E-state index contributed by atoms with van der Waals surface area (Å²) in [5.41, 5.74) is 0.122. The molecule has 2 aromatic rings. The molecule has 0 radical (unpaired) electrons. The van der Waals surface area contributed by atoms with Crippen molar-refractivity contribution in [3.63, 3.8) is 0 Å². The molecule has 1 fully saturated rings. The standard InChI is InChI=1S/C17H20F2N4O4S2/c1-11(9-24)27-15-8-14(22-29(25,26)23-6-3-7-23)20-17(21-15)28-10-12-4-2-5-13(18)16(12)19/h2,4-5,8,11,24H,3,6-7,9-10H2,1H3,(H,20,21,22)/t11-/m0/s1. The summed E-state index contributed by atoms with van der Waals surface area (Å²) < 4.78 is 61.0. The van der Waals surface area contributed by atoms with Crippen LogP contribution in [0, 0.1) is 11.6 Å². The van der Waals surface area contributed by atoms with E-state index in [-0.39, 0.29) is 34.8 Å². The minimum absolute atomic E-state index is 0.0192. The van der Waals surface area contributed by atoms with Crippen molar-refractivity contribution in [3.05, 3.63) is 41.5 Å². The van der Waals surface area contributed by atoms with Crippen molar-refractivity contribution in [2.24, 2.45) is 0 Å². The summed E-state index contributed by atoms with van der Waals surface area (Å²) in [5.74, 6) is -1.86. The van der Waals surface area contributed by atoms with Gasteiger partial charge in [0, 0.05) is 30.5 Å². The zero-order valence-corrected chi connectivity index (χ0v) is 17.1. The molecule has 12 heteroatoms. The Morgan fingerprint density at radius 3 is 2.76 bits per heavy atom. The van der Waals surface area contributed by atoms with Crippen LogP contribution in [0.25, 0.3) is 0 Å². The van der Waals surface area contributed by atoms with Crippen LogP contribution in [0.5, 0.6) is 5.88 Å². The number of hydrogen-bond donors (Lipinski definition) is 2. The monoisotopic (exact) mass is 446 g/mol. The molecule has 8 nitrogen and oxygen atoms in total. The summed E-state index contributed by atoms with van der Waals surface area (Å²) in [4.78, 5) is 8.29. The van der Waals surface area contributed by atoms with Gasteiger partial charge in [-0.2, -0.15) is 17.7 Å². The maximum absolute atomic E-state index is 13.9. The van der Waals surface area contributed by atoms with Gasteiger partial charge in [0.2, 0.25) is 5.88 Å². The number of hydrogen-bond acceptors (Lipinski definition) is 7. The predicted molar refractivity (Wildman–Crippen MR) is 104 cm³/mol. The molecule has 1 aliphatic rings. The van der Waals surface area contributed by atoms with E-state index in [0.717, 1.165) is 24.2 Å². The molecule has 0 amide bonds. The lowest BCUT2D eigenvalue weighted by atomic mass is 10.2. The van der Waals surface area contributed by atoms with Gasteiger partial charge in [-0.25, -0.2) is 13.8 Å². The molecular formula is C17H20F2N4O4S2. The van der Waals surface area contributed by atoms with Crippen LogP contribution < -0.4 is 9.46 Å². The first kappa shape index (κ1) is 21.7. The van der Waals surface area contributed by atoms with Gasteiger partial charge in [-0.1, -0.05) is 23.9 Å². The second-order valence-corrected chi connectivity index (χ2v) is 8.96. The van der Waals surface area contributed by atoms with E-state index in [1.54, 1.807) is 6.92 Å². The van der Waals surface area contributed by atoms with Crippen molar-refractivity contribution in [3.8, 4) is 5.88 Å². The van der Waals surface area contributed by atoms with Gasteiger partial charge >= 0.3 is 10.2 Å². The highest BCUT2D eigenvalue weighted by molar-refractivity contribution is 7.98. The fourth-order valence-corrected chi connectivity index (χ4v) is 4.41. The number of rotatable bonds is 9. The topological polar surface area (TPSA) is 105 Å². The van der Waals surface area contributed by atoms with E-state index in [1.165, 1.54) is 22.5 Å². The first-order valence-corrected chi connectivity index (χ1v) is 11.2. The summed E-state index contributed by atoms with van der Waals surface area (Å²) in [6.45, 7) is 2.19. The SMILES string of the molecule is C[C@@H](CO)Oc1cc(NS(=O)(=O)N2CCC2)nc(SCc2cccc(F)c2F)n1. The smallest absolute Gasteiger partial charge is 0.302 e. The third kappa shape index (κ3) is 5.53. The highest BCUT2D eigenvalue weighted by Crippen LogP contribution is 2.27. The summed E-state index contributed by atoms with van der Waals surface area (Å²) in [6, 6.07) is 5.15. The van der Waals surface area contributed by atoms with Gasteiger partial charge in [0.25, 0.3) is 0 Å². The first-order valence-electron chi connectivity index (χ1n) is 8.78. The van der Waals surface area contributed by atoms with Crippen molar-refractivity contribution in [2.75, 3.05) is 24.4 Å². The molecule has 2 heterocycles. The minimum atomic E-state index is -3.75. The number of ether oxygens (including phenoxy) is 1. The van der Waals surface area contributed by atoms with Crippen LogP contribution in [-0.4, -0.2) is 53.6 Å². The maximum atomic E-state index is 13.9. The lowest BCUT2D eigenvalue weighted by Crippen LogP contribution is -2.45. The van der Waals surface area contributed by atoms with E-state index in [4.69, 9.17) is 4.74 Å². The number of nitrogens with one attached hydrogen (secondary N) is 1. The molecule has 1 aromatic carbocycles. The normalized spacial score (nSPS) is 15.6. The number of anilines is 1. The van der Waals surface area contributed by atoms with Crippen molar-refractivity contribution in [1.29, 1.82) is 0 Å². The minimum Gasteiger partial charge on any atom is -0.472 e. The number of thioether (sulfide) groups is 1. The fourth-order valence-electron chi connectivity index (χ4n) is 2.35. The number of halogens is 2. The molecule has 1 atom stereocenters. The molecule has 1 saturated heterocycles. The lowest BCUT2D eigenvalue weighted by Gasteiger charge is -2.29. The molecule has 0 bridgehead atoms. The molecule has 0 aliphatic carbocycles. The molecule has 1 aliphatic heterocycles. The largest absolute Gasteiger partial charge is 0.472 e. The molecule has 3 rings (SSSR count). The molecule has 0 saturated carbocycles. The lowest BCUT2D eigenvalue weighted by molar-refractivity contribution is 0.124. The predicted octanol–water partition coefficient (Wildman–Crippen LogP) is 2.17. The third-order valence-corrected chi connectivity index (χ3v) is 6.45. The first-order chi connectivity index (χ1) is 13.8. The van der Waals surface area contributed by atoms with Crippen molar-refractivity contribution in [2.45, 2.75) is 30.4 Å². The Labute approximate surface area is 171 Å². The zero-order valence-electron chi connectivity index (χ0n) is 15.5. The Bertz CT molecular complexity index is 974. The van der Waals surface area contributed by atoms with Crippen molar-refractivity contribution < 1.29 is 27.0 Å². The number of benzene rings is 1. The Morgan fingerprint density at radius 2 is 2.10 bits per heavy atom. The zero-order chi connectivity index (χ0) is 21.0. The van der Waals surface area contributed by atoms with Gasteiger partial charge in [0.1, 0.15) is 11.9 Å². The van der Waals surface area contributed by atoms with E-state index >= 15 is 0 Å². The van der Waals surface area contributed by atoms with Crippen molar-refractivity contribution >= 4 is 27.8 Å². The van der Waals surface area contributed by atoms with Crippen LogP contribution in [0.3, 0.4) is 0 Å². The number of nitrogens with zero attached hydrogens (tertiary/aromatic N) is 3. The Kier molecular flexibility index (Phi) is 6.88. The summed E-state index contributed by atoms with van der Waals surface area (Å²) in [6.07, 6.45) is 0.205. The van der Waals surface area contributed by atoms with E-state index in [1.807, 2.05) is 0 Å². The maximum Gasteiger partial charge on any atom is 0.302 e. The van der Waals surface area contributed by atoms with E-state index in [2.05, 4.69) is 14.7 Å². The Morgan fingerprint density at radius 1 is 1.34 bits per heavy atom. The average molecular weight is 447 g/mol. The number of aliphatic hydroxyl groups is 1. The quantitative estimate of drug-likeness (QED) is 0.449. The van der Waals surface area contributed by atoms with Crippen LogP contribution in [0.1, 0.15) is 18.9 Å². The van der Waals surface area contributed by atoms with Crippen LogP contribution in [-0.2, 0) is 16.0 Å². The number of aliphatic hydroxyl groups excluding tert-OH is 1. The van der Waals surface area contributed by atoms with Gasteiger partial charge in [-0.3, -0.25) is 4.72 Å². The fraction of sp³-hybridized carbons (Fsp3) is 0.412. The van der Waals surface area contributed by atoms with Gasteiger partial charge in [0.05, 0.1) is 6.61 Å². The van der Waals surface area contributed by atoms with Crippen LogP contribution in [0.15, 0.2) is 29.4 Å². The molecule has 1 aromatic heterocycles. The molecule has 2 N–H and O–H groups in total. The molecule has 0 spiro atoms. The molecule has 29 heavy (non-hydrogen) atoms. The third-order valence-electron chi connectivity index (χ3n) is 4.04. The van der Waals surface area contributed by atoms with Crippen LogP contribution >= 0.6 is 11.8 Å². The van der Waals surface area contributed by atoms with Crippen LogP contribution in [0.2, 0.25) is 0 Å². The second kappa shape index (κ2) is 9.20. The summed E-state index contributed by atoms with van der Waals surface area (Å²) in [5, 5.41) is 9.28. The molecule has 0 unspecified atom stereocenters. The van der Waals surface area contributed by atoms with Gasteiger partial charge in [-0.15, -0.1) is 0 Å². The average Bonchev–Trinajstić information content (AvgIpc) is 2.60. The Hall–Kier alpha value is -2.02. The van der Waals surface area contributed by atoms with E-state index < -0.39 is 27.9 Å². The highest BCUT2D eigenvalue weighted by atomic mass is 32.2. The van der Waals surface area contributed by atoms with E-state index in [9.17, 15) is 22.3 Å². The summed E-state index contributed by atoms with van der Waals surface area (Å²) >= 11 is 0.994. The van der Waals surface area contributed by atoms with Gasteiger partial charge < -0.3 is 9.84 Å². The second-order valence-electron chi connectivity index (χ2n) is 6.35. The van der Waals surface area contributed by atoms with Gasteiger partial charge in [0.15, 0.2) is 16.8 Å². The summed E-state index contributed by atoms with van der Waals surface area (Å²) in [7, 11) is -3.75. The van der Waals surface area contributed by atoms with Crippen molar-refractivity contribution in [1.82, 2.24) is 14.3 Å². The number of aromatic nitrogens is 2. The molecule has 158 valence electrons.